The molecule has 132 valence electrons. The first-order chi connectivity index (χ1) is 11.8. The topological polar surface area (TPSA) is 79.5 Å². The number of nitrogens with one attached hydrogen (secondary N) is 3. The zero-order valence-corrected chi connectivity index (χ0v) is 15.4. The molecular formula is C15H11Cl4N3O3. The van der Waals surface area contributed by atoms with Crippen LogP contribution in [0.1, 0.15) is 0 Å². The van der Waals surface area contributed by atoms with Gasteiger partial charge in [-0.25, -0.2) is 10.2 Å². The molecule has 0 saturated heterocycles. The van der Waals surface area contributed by atoms with Crippen LogP contribution in [0.25, 0.3) is 0 Å². The van der Waals surface area contributed by atoms with Gasteiger partial charge in [-0.1, -0.05) is 46.4 Å². The van der Waals surface area contributed by atoms with E-state index in [0.717, 1.165) is 0 Å². The number of carbonyl (C=O) groups excluding carboxylic acids is 2. The minimum atomic E-state index is -0.636. The quantitative estimate of drug-likeness (QED) is 0.500. The Morgan fingerprint density at radius 2 is 1.52 bits per heavy atom. The number of hydrogen-bond acceptors (Lipinski definition) is 3. The fourth-order valence-electron chi connectivity index (χ4n) is 1.62. The lowest BCUT2D eigenvalue weighted by Gasteiger charge is -2.11. The molecule has 0 radical (unpaired) electrons. The Labute approximate surface area is 163 Å². The first-order valence-corrected chi connectivity index (χ1v) is 8.25. The smallest absolute Gasteiger partial charge is 0.337 e. The largest absolute Gasteiger partial charge is 0.482 e. The third kappa shape index (κ3) is 6.17. The number of carbonyl (C=O) groups is 2. The standard InChI is InChI=1S/C15H11Cl4N3O3/c16-8-1-3-9(4-2-8)20-15(24)22-21-14(23)7-25-13-6-11(18)10(17)5-12(13)19/h1-6H,7H2,(H,21,23)(H2,20,22,24). The maximum Gasteiger partial charge on any atom is 0.337 e. The third-order valence-corrected chi connectivity index (χ3v) is 4.02. The van der Waals surface area contributed by atoms with E-state index >= 15 is 0 Å². The molecule has 2 rings (SSSR count). The lowest BCUT2D eigenvalue weighted by atomic mass is 10.3. The van der Waals surface area contributed by atoms with Gasteiger partial charge in [0.15, 0.2) is 6.61 Å². The molecule has 0 unspecified atom stereocenters. The Balaban J connectivity index is 1.78. The molecular weight excluding hydrogens is 412 g/mol. The van der Waals surface area contributed by atoms with Crippen LogP contribution < -0.4 is 20.9 Å². The molecule has 0 aliphatic carbocycles. The van der Waals surface area contributed by atoms with Gasteiger partial charge in [-0.15, -0.1) is 0 Å². The molecule has 0 aliphatic heterocycles. The summed E-state index contributed by atoms with van der Waals surface area (Å²) < 4.78 is 5.22. The van der Waals surface area contributed by atoms with Gasteiger partial charge in [-0.2, -0.15) is 0 Å². The van der Waals surface area contributed by atoms with Crippen LogP contribution in [0.15, 0.2) is 36.4 Å². The Bertz CT molecular complexity index is 784. The Hall–Kier alpha value is -1.86. The van der Waals surface area contributed by atoms with Crippen molar-refractivity contribution in [3.05, 3.63) is 56.5 Å². The Morgan fingerprint density at radius 3 is 2.20 bits per heavy atom. The summed E-state index contributed by atoms with van der Waals surface area (Å²) in [4.78, 5) is 23.3. The number of hydrazine groups is 1. The molecule has 2 aromatic rings. The van der Waals surface area contributed by atoms with E-state index in [9.17, 15) is 9.59 Å². The number of rotatable bonds is 4. The SMILES string of the molecule is O=C(COc1cc(Cl)c(Cl)cc1Cl)NNC(=O)Nc1ccc(Cl)cc1. The highest BCUT2D eigenvalue weighted by molar-refractivity contribution is 6.43. The Kier molecular flexibility index (Phi) is 7.01. The van der Waals surface area contributed by atoms with Crippen molar-refractivity contribution in [3.8, 4) is 5.75 Å². The van der Waals surface area contributed by atoms with Gasteiger partial charge in [0.25, 0.3) is 5.91 Å². The summed E-state index contributed by atoms with van der Waals surface area (Å²) in [7, 11) is 0. The number of benzene rings is 2. The van der Waals surface area contributed by atoms with E-state index in [1.165, 1.54) is 12.1 Å². The van der Waals surface area contributed by atoms with Crippen LogP contribution in [0.5, 0.6) is 5.75 Å². The molecule has 0 aliphatic rings. The molecule has 0 bridgehead atoms. The molecule has 0 spiro atoms. The predicted molar refractivity (Wildman–Crippen MR) is 98.7 cm³/mol. The maximum absolute atomic E-state index is 11.7. The summed E-state index contributed by atoms with van der Waals surface area (Å²) in [5.74, 6) is -0.412. The van der Waals surface area contributed by atoms with Crippen molar-refractivity contribution in [1.82, 2.24) is 10.9 Å². The van der Waals surface area contributed by atoms with E-state index in [4.69, 9.17) is 51.1 Å². The third-order valence-electron chi connectivity index (χ3n) is 2.75. The van der Waals surface area contributed by atoms with Crippen molar-refractivity contribution in [2.75, 3.05) is 11.9 Å². The fourth-order valence-corrected chi connectivity index (χ4v) is 2.33. The van der Waals surface area contributed by atoms with Crippen LogP contribution in [0.2, 0.25) is 20.1 Å². The number of amides is 3. The lowest BCUT2D eigenvalue weighted by molar-refractivity contribution is -0.123. The molecule has 0 aromatic heterocycles. The molecule has 2 aromatic carbocycles. The second-order valence-electron chi connectivity index (χ2n) is 4.62. The van der Waals surface area contributed by atoms with Crippen LogP contribution in [0.4, 0.5) is 10.5 Å². The van der Waals surface area contributed by atoms with Crippen molar-refractivity contribution < 1.29 is 14.3 Å². The van der Waals surface area contributed by atoms with Crippen molar-refractivity contribution in [3.63, 3.8) is 0 Å². The summed E-state index contributed by atoms with van der Waals surface area (Å²) >= 11 is 23.3. The predicted octanol–water partition coefficient (Wildman–Crippen LogP) is 4.53. The summed E-state index contributed by atoms with van der Waals surface area (Å²) in [5.41, 5.74) is 4.86. The first-order valence-electron chi connectivity index (χ1n) is 6.74. The van der Waals surface area contributed by atoms with Gasteiger partial charge in [0, 0.05) is 16.8 Å². The highest BCUT2D eigenvalue weighted by Crippen LogP contribution is 2.33. The van der Waals surface area contributed by atoms with Crippen molar-refractivity contribution >= 4 is 64.0 Å². The number of urea groups is 1. The van der Waals surface area contributed by atoms with Gasteiger partial charge < -0.3 is 10.1 Å². The number of ether oxygens (including phenoxy) is 1. The minimum absolute atomic E-state index is 0.192. The van der Waals surface area contributed by atoms with E-state index in [2.05, 4.69) is 16.2 Å². The normalized spacial score (nSPS) is 10.1. The van der Waals surface area contributed by atoms with Gasteiger partial charge in [-0.05, 0) is 30.3 Å². The van der Waals surface area contributed by atoms with Crippen molar-refractivity contribution in [2.45, 2.75) is 0 Å². The zero-order valence-electron chi connectivity index (χ0n) is 12.4. The minimum Gasteiger partial charge on any atom is -0.482 e. The first kappa shape index (κ1) is 19.5. The number of anilines is 1. The average molecular weight is 423 g/mol. The van der Waals surface area contributed by atoms with E-state index < -0.39 is 11.9 Å². The zero-order chi connectivity index (χ0) is 18.4. The van der Waals surface area contributed by atoms with Gasteiger partial charge in [0.1, 0.15) is 5.75 Å². The number of halogens is 4. The van der Waals surface area contributed by atoms with Crippen LogP contribution in [0.3, 0.4) is 0 Å². The van der Waals surface area contributed by atoms with Crippen molar-refractivity contribution in [2.24, 2.45) is 0 Å². The highest BCUT2D eigenvalue weighted by atomic mass is 35.5. The van der Waals surface area contributed by atoms with Crippen LogP contribution in [0, 0.1) is 0 Å². The van der Waals surface area contributed by atoms with E-state index in [1.807, 2.05) is 0 Å². The van der Waals surface area contributed by atoms with Gasteiger partial charge in [-0.3, -0.25) is 10.2 Å². The molecule has 0 heterocycles. The molecule has 6 nitrogen and oxygen atoms in total. The van der Waals surface area contributed by atoms with Crippen molar-refractivity contribution in [1.29, 1.82) is 0 Å². The van der Waals surface area contributed by atoms with Crippen LogP contribution in [-0.2, 0) is 4.79 Å². The molecule has 0 saturated carbocycles. The molecule has 25 heavy (non-hydrogen) atoms. The Morgan fingerprint density at radius 1 is 0.880 bits per heavy atom. The number of hydrogen-bond donors (Lipinski definition) is 3. The second kappa shape index (κ2) is 9.01. The molecule has 10 heteroatoms. The molecule has 3 amide bonds. The van der Waals surface area contributed by atoms with E-state index in [1.54, 1.807) is 24.3 Å². The summed E-state index contributed by atoms with van der Waals surface area (Å²) in [6.07, 6.45) is 0. The molecule has 0 fully saturated rings. The summed E-state index contributed by atoms with van der Waals surface area (Å²) in [5, 5.41) is 3.75. The summed E-state index contributed by atoms with van der Waals surface area (Å²) in [6, 6.07) is 8.60. The fraction of sp³-hybridized carbons (Fsp3) is 0.0667. The van der Waals surface area contributed by atoms with Crippen LogP contribution >= 0.6 is 46.4 Å². The maximum atomic E-state index is 11.7. The highest BCUT2D eigenvalue weighted by Gasteiger charge is 2.10. The van der Waals surface area contributed by atoms with E-state index in [0.29, 0.717) is 10.7 Å². The molecule has 0 atom stereocenters. The second-order valence-corrected chi connectivity index (χ2v) is 6.28. The lowest BCUT2D eigenvalue weighted by Crippen LogP contribution is -2.45. The average Bonchev–Trinajstić information content (AvgIpc) is 2.57. The van der Waals surface area contributed by atoms with Crippen LogP contribution in [-0.4, -0.2) is 18.5 Å². The summed E-state index contributed by atoms with van der Waals surface area (Å²) in [6.45, 7) is -0.390. The van der Waals surface area contributed by atoms with Gasteiger partial charge in [0.2, 0.25) is 0 Å². The van der Waals surface area contributed by atoms with Gasteiger partial charge in [0.05, 0.1) is 15.1 Å². The molecule has 3 N–H and O–H groups in total. The van der Waals surface area contributed by atoms with E-state index in [-0.39, 0.29) is 27.4 Å². The van der Waals surface area contributed by atoms with Gasteiger partial charge >= 0.3 is 6.03 Å². The monoisotopic (exact) mass is 421 g/mol.